The van der Waals surface area contributed by atoms with E-state index in [2.05, 4.69) is 17.2 Å². The predicted molar refractivity (Wildman–Crippen MR) is 135 cm³/mol. The van der Waals surface area contributed by atoms with Crippen molar-refractivity contribution in [1.29, 1.82) is 0 Å². The van der Waals surface area contributed by atoms with E-state index in [0.29, 0.717) is 41.0 Å². The number of ether oxygens (including phenoxy) is 1. The Morgan fingerprint density at radius 1 is 1.06 bits per heavy atom. The van der Waals surface area contributed by atoms with Crippen LogP contribution in [0.2, 0.25) is 0 Å². The Hall–Kier alpha value is -2.75. The zero-order valence-electron chi connectivity index (χ0n) is 19.2. The summed E-state index contributed by atoms with van der Waals surface area (Å²) in [4.78, 5) is 17.4. The molecular formula is C25H29N3O4S2. The maximum Gasteiger partial charge on any atom is 0.257 e. The minimum Gasteiger partial charge on any atom is -0.494 e. The van der Waals surface area contributed by atoms with Gasteiger partial charge in [-0.1, -0.05) is 31.9 Å². The number of hydrogen-bond acceptors (Lipinski definition) is 6. The van der Waals surface area contributed by atoms with Crippen LogP contribution >= 0.6 is 11.3 Å². The number of carbonyl (C=O) groups is 1. The smallest absolute Gasteiger partial charge is 0.257 e. The van der Waals surface area contributed by atoms with E-state index >= 15 is 0 Å². The van der Waals surface area contributed by atoms with Crippen LogP contribution in [0.3, 0.4) is 0 Å². The van der Waals surface area contributed by atoms with E-state index in [4.69, 9.17) is 4.74 Å². The molecule has 0 atom stereocenters. The van der Waals surface area contributed by atoms with Gasteiger partial charge in [-0.05, 0) is 55.7 Å². The van der Waals surface area contributed by atoms with Crippen LogP contribution in [0.4, 0.5) is 5.13 Å². The minimum absolute atomic E-state index is 0.245. The molecule has 4 rings (SSSR count). The molecule has 2 aromatic carbocycles. The summed E-state index contributed by atoms with van der Waals surface area (Å²) in [6.45, 7) is 3.98. The van der Waals surface area contributed by atoms with Crippen molar-refractivity contribution < 1.29 is 17.9 Å². The minimum atomic E-state index is -3.44. The first-order valence-corrected chi connectivity index (χ1v) is 13.9. The number of nitrogens with zero attached hydrogens (tertiary/aromatic N) is 2. The van der Waals surface area contributed by atoms with Crippen LogP contribution in [0.25, 0.3) is 11.3 Å². The SMILES string of the molecule is CCCCCOc1ccc(C(=O)Nc2nc(-c3ccc(S(=O)(=O)N4CCCC4)cc3)cs2)cc1. The van der Waals surface area contributed by atoms with Crippen molar-refractivity contribution in [2.24, 2.45) is 0 Å². The summed E-state index contributed by atoms with van der Waals surface area (Å²) in [5.41, 5.74) is 2.00. The highest BCUT2D eigenvalue weighted by Gasteiger charge is 2.27. The van der Waals surface area contributed by atoms with Crippen molar-refractivity contribution in [3.63, 3.8) is 0 Å². The van der Waals surface area contributed by atoms with Crippen LogP contribution < -0.4 is 10.1 Å². The molecule has 1 saturated heterocycles. The molecule has 0 spiro atoms. The number of amides is 1. The Labute approximate surface area is 204 Å². The molecule has 1 fully saturated rings. The van der Waals surface area contributed by atoms with Gasteiger partial charge in [0, 0.05) is 29.6 Å². The number of nitrogens with one attached hydrogen (secondary N) is 1. The van der Waals surface area contributed by atoms with E-state index in [1.54, 1.807) is 48.5 Å². The van der Waals surface area contributed by atoms with Crippen molar-refractivity contribution in [2.45, 2.75) is 43.9 Å². The van der Waals surface area contributed by atoms with Gasteiger partial charge in [0.1, 0.15) is 5.75 Å². The molecule has 1 N–H and O–H groups in total. The number of hydrogen-bond donors (Lipinski definition) is 1. The molecule has 0 aliphatic carbocycles. The highest BCUT2D eigenvalue weighted by Crippen LogP contribution is 2.28. The Balaban J connectivity index is 1.36. The van der Waals surface area contributed by atoms with Gasteiger partial charge >= 0.3 is 0 Å². The molecule has 2 heterocycles. The second-order valence-corrected chi connectivity index (χ2v) is 11.0. The predicted octanol–water partition coefficient (Wildman–Crippen LogP) is 5.42. The number of carbonyl (C=O) groups excluding carboxylic acids is 1. The maximum atomic E-state index is 12.7. The number of aromatic nitrogens is 1. The molecule has 7 nitrogen and oxygen atoms in total. The van der Waals surface area contributed by atoms with E-state index in [9.17, 15) is 13.2 Å². The van der Waals surface area contributed by atoms with E-state index in [-0.39, 0.29) is 5.91 Å². The molecule has 0 radical (unpaired) electrons. The Morgan fingerprint density at radius 2 is 1.76 bits per heavy atom. The van der Waals surface area contributed by atoms with Crippen LogP contribution in [0.1, 0.15) is 49.4 Å². The van der Waals surface area contributed by atoms with Gasteiger partial charge in [0.15, 0.2) is 5.13 Å². The third-order valence-electron chi connectivity index (χ3n) is 5.71. The van der Waals surface area contributed by atoms with Gasteiger partial charge in [0.05, 0.1) is 17.2 Å². The Kier molecular flexibility index (Phi) is 7.97. The first kappa shape index (κ1) is 24.4. The molecule has 0 unspecified atom stereocenters. The van der Waals surface area contributed by atoms with Crippen molar-refractivity contribution in [3.05, 3.63) is 59.5 Å². The second kappa shape index (κ2) is 11.1. The van der Waals surface area contributed by atoms with Gasteiger partial charge in [-0.3, -0.25) is 10.1 Å². The third kappa shape index (κ3) is 5.84. The zero-order valence-corrected chi connectivity index (χ0v) is 20.8. The number of anilines is 1. The summed E-state index contributed by atoms with van der Waals surface area (Å²) in [5, 5.41) is 5.15. The summed E-state index contributed by atoms with van der Waals surface area (Å²) in [7, 11) is -3.44. The van der Waals surface area contributed by atoms with E-state index < -0.39 is 10.0 Å². The van der Waals surface area contributed by atoms with Gasteiger partial charge < -0.3 is 4.74 Å². The molecule has 1 amide bonds. The van der Waals surface area contributed by atoms with Crippen LogP contribution in [0.5, 0.6) is 5.75 Å². The lowest BCUT2D eigenvalue weighted by molar-refractivity contribution is 0.102. The lowest BCUT2D eigenvalue weighted by atomic mass is 10.2. The fourth-order valence-corrected chi connectivity index (χ4v) is 5.98. The summed E-state index contributed by atoms with van der Waals surface area (Å²) >= 11 is 1.32. The molecule has 3 aromatic rings. The average molecular weight is 500 g/mol. The number of thiazole rings is 1. The number of unbranched alkanes of at least 4 members (excludes halogenated alkanes) is 2. The summed E-state index contributed by atoms with van der Waals surface area (Å²) in [6.07, 6.45) is 5.11. The standard InChI is InChI=1S/C25H29N3O4S2/c1-2-3-6-17-32-21-11-7-20(8-12-21)24(29)27-25-26-23(18-33-25)19-9-13-22(14-10-19)34(30,31)28-15-4-5-16-28/h7-14,18H,2-6,15-17H2,1H3,(H,26,27,29). The Bertz CT molecular complexity index is 1200. The number of rotatable bonds is 10. The largest absolute Gasteiger partial charge is 0.494 e. The summed E-state index contributed by atoms with van der Waals surface area (Å²) < 4.78 is 32.6. The second-order valence-electron chi connectivity index (χ2n) is 8.21. The van der Waals surface area contributed by atoms with Crippen LogP contribution in [0.15, 0.2) is 58.8 Å². The molecule has 1 aliphatic heterocycles. The molecule has 180 valence electrons. The molecule has 9 heteroatoms. The van der Waals surface area contributed by atoms with Crippen LogP contribution in [-0.2, 0) is 10.0 Å². The number of sulfonamides is 1. The average Bonchev–Trinajstić information content (AvgIpc) is 3.55. The highest BCUT2D eigenvalue weighted by atomic mass is 32.2. The molecule has 0 saturated carbocycles. The monoisotopic (exact) mass is 499 g/mol. The normalized spacial score (nSPS) is 14.3. The van der Waals surface area contributed by atoms with Crippen LogP contribution in [-0.4, -0.2) is 43.3 Å². The molecule has 0 bridgehead atoms. The fraction of sp³-hybridized carbons (Fsp3) is 0.360. The van der Waals surface area contributed by atoms with Crippen molar-refractivity contribution in [2.75, 3.05) is 25.0 Å². The molecular weight excluding hydrogens is 470 g/mol. The molecule has 34 heavy (non-hydrogen) atoms. The van der Waals surface area contributed by atoms with Crippen molar-refractivity contribution >= 4 is 32.4 Å². The van der Waals surface area contributed by atoms with Crippen LogP contribution in [0, 0.1) is 0 Å². The van der Waals surface area contributed by atoms with Gasteiger partial charge in [0.2, 0.25) is 10.0 Å². The fourth-order valence-electron chi connectivity index (χ4n) is 3.75. The lowest BCUT2D eigenvalue weighted by Gasteiger charge is -2.15. The van der Waals surface area contributed by atoms with E-state index in [1.807, 2.05) is 5.38 Å². The van der Waals surface area contributed by atoms with Gasteiger partial charge in [0.25, 0.3) is 5.91 Å². The zero-order chi connectivity index (χ0) is 24.0. The molecule has 1 aliphatic rings. The van der Waals surface area contributed by atoms with Crippen molar-refractivity contribution in [3.8, 4) is 17.0 Å². The quantitative estimate of drug-likeness (QED) is 0.377. The summed E-state index contributed by atoms with van der Waals surface area (Å²) in [6, 6.07) is 13.8. The first-order valence-electron chi connectivity index (χ1n) is 11.6. The van der Waals surface area contributed by atoms with Gasteiger partial charge in [-0.25, -0.2) is 13.4 Å². The van der Waals surface area contributed by atoms with Crippen molar-refractivity contribution in [1.82, 2.24) is 9.29 Å². The van der Waals surface area contributed by atoms with E-state index in [0.717, 1.165) is 43.4 Å². The highest BCUT2D eigenvalue weighted by molar-refractivity contribution is 7.89. The van der Waals surface area contributed by atoms with Gasteiger partial charge in [-0.15, -0.1) is 11.3 Å². The first-order chi connectivity index (χ1) is 16.5. The van der Waals surface area contributed by atoms with E-state index in [1.165, 1.54) is 15.6 Å². The maximum absolute atomic E-state index is 12.7. The number of benzene rings is 2. The summed E-state index contributed by atoms with van der Waals surface area (Å²) in [5.74, 6) is 0.505. The third-order valence-corrected chi connectivity index (χ3v) is 8.38. The van der Waals surface area contributed by atoms with Gasteiger partial charge in [-0.2, -0.15) is 4.31 Å². The lowest BCUT2D eigenvalue weighted by Crippen LogP contribution is -2.27. The molecule has 1 aromatic heterocycles. The Morgan fingerprint density at radius 3 is 2.44 bits per heavy atom. The topological polar surface area (TPSA) is 88.6 Å².